The Balaban J connectivity index is 1.02. The van der Waals surface area contributed by atoms with Crippen molar-refractivity contribution in [1.29, 1.82) is 0 Å². The molecule has 14 heteroatoms. The fourth-order valence-corrected chi connectivity index (χ4v) is 8.76. The Kier molecular flexibility index (Phi) is 11.8. The minimum absolute atomic E-state index is 0.0917. The number of amides is 1. The molecule has 53 heavy (non-hydrogen) atoms. The average molecular weight is 767 g/mol. The predicted octanol–water partition coefficient (Wildman–Crippen LogP) is 8.60. The summed E-state index contributed by atoms with van der Waals surface area (Å²) >= 11 is 1.47. The quantitative estimate of drug-likeness (QED) is 0.115. The molecular formula is C39H48FN4O7PS. The lowest BCUT2D eigenvalue weighted by Gasteiger charge is -2.35. The monoisotopic (exact) mass is 766 g/mol. The standard InChI is InChI=1S/C39H48FN4O7PS/c1-38(2,3)50-52(47,51-39(4,5)6)48-25-36(46)44-17-15-43(16-18-44)24-28-9-11-31(42-23-28)35-22-32-37(53-35)34(13-14-41-32)49-33-12-10-27(21-30(33)40)20-29(45)19-26-7-8-26/h9-14,21-23,26H,7-8,15-20,24-25H2,1-6H3. The van der Waals surface area contributed by atoms with E-state index < -0.39 is 31.4 Å². The van der Waals surface area contributed by atoms with Crippen molar-refractivity contribution < 1.29 is 36.9 Å². The first-order chi connectivity index (χ1) is 25.0. The maximum atomic E-state index is 15.1. The lowest BCUT2D eigenvalue weighted by atomic mass is 10.0. The number of benzene rings is 1. The smallest absolute Gasteiger partial charge is 0.453 e. The Bertz CT molecular complexity index is 1960. The summed E-state index contributed by atoms with van der Waals surface area (Å²) in [5.41, 5.74) is 1.62. The number of Topliss-reactive ketones (excluding diaryl/α,β-unsaturated/α-hetero) is 1. The fourth-order valence-electron chi connectivity index (χ4n) is 5.97. The molecule has 1 aromatic carbocycles. The molecule has 2 aliphatic rings. The summed E-state index contributed by atoms with van der Waals surface area (Å²) in [5, 5.41) is 0. The SMILES string of the molecule is CC(C)(C)OP(=O)(OCC(=O)N1CCN(Cc2ccc(-c3cc4nccc(Oc5ccc(CC(=O)CC6CC6)cc5F)c4s3)nc2)CC1)OC(C)(C)C. The summed E-state index contributed by atoms with van der Waals surface area (Å²) in [6, 6.07) is 12.4. The van der Waals surface area contributed by atoms with E-state index >= 15 is 4.39 Å². The van der Waals surface area contributed by atoms with Crippen LogP contribution in [0, 0.1) is 11.7 Å². The zero-order valence-electron chi connectivity index (χ0n) is 31.2. The number of piperazine rings is 1. The molecule has 1 saturated carbocycles. The third-order valence-corrected chi connectivity index (χ3v) is 11.7. The van der Waals surface area contributed by atoms with Crippen LogP contribution in [0.15, 0.2) is 54.9 Å². The predicted molar refractivity (Wildman–Crippen MR) is 202 cm³/mol. The molecule has 6 rings (SSSR count). The van der Waals surface area contributed by atoms with E-state index in [1.54, 1.807) is 70.8 Å². The van der Waals surface area contributed by atoms with Gasteiger partial charge in [0, 0.05) is 64.0 Å². The van der Waals surface area contributed by atoms with Gasteiger partial charge < -0.3 is 9.64 Å². The molecule has 4 aromatic rings. The summed E-state index contributed by atoms with van der Waals surface area (Å²) in [6.45, 7) is 13.1. The molecule has 1 saturated heterocycles. The Morgan fingerprint density at radius 1 is 0.906 bits per heavy atom. The number of hydrogen-bond acceptors (Lipinski definition) is 11. The first kappa shape index (κ1) is 39.1. The maximum Gasteiger partial charge on any atom is 0.476 e. The average Bonchev–Trinajstić information content (AvgIpc) is 3.77. The van der Waals surface area contributed by atoms with E-state index in [2.05, 4.69) is 9.88 Å². The van der Waals surface area contributed by atoms with Crippen LogP contribution in [0.4, 0.5) is 4.39 Å². The molecule has 2 fully saturated rings. The van der Waals surface area contributed by atoms with E-state index in [0.717, 1.165) is 39.2 Å². The molecule has 0 bridgehead atoms. The summed E-state index contributed by atoms with van der Waals surface area (Å²) in [6.07, 6.45) is 6.51. The van der Waals surface area contributed by atoms with Gasteiger partial charge in [0.2, 0.25) is 5.91 Å². The molecule has 284 valence electrons. The molecule has 0 radical (unpaired) electrons. The highest BCUT2D eigenvalue weighted by Gasteiger charge is 2.38. The van der Waals surface area contributed by atoms with Gasteiger partial charge in [0.25, 0.3) is 0 Å². The van der Waals surface area contributed by atoms with Gasteiger partial charge in [0.15, 0.2) is 11.6 Å². The molecule has 1 aliphatic heterocycles. The van der Waals surface area contributed by atoms with Crippen molar-refractivity contribution in [2.24, 2.45) is 5.92 Å². The number of thiophene rings is 1. The van der Waals surface area contributed by atoms with Gasteiger partial charge in [-0.05, 0) is 95.7 Å². The topological polar surface area (TPSA) is 120 Å². The molecule has 3 aromatic heterocycles. The Morgan fingerprint density at radius 2 is 1.60 bits per heavy atom. The number of fused-ring (bicyclic) bond motifs is 1. The highest BCUT2D eigenvalue weighted by atomic mass is 32.1. The van der Waals surface area contributed by atoms with Gasteiger partial charge in [-0.3, -0.25) is 38.0 Å². The fraction of sp³-hybridized carbons (Fsp3) is 0.487. The molecule has 1 aliphatic carbocycles. The molecule has 11 nitrogen and oxygen atoms in total. The number of phosphoric ester groups is 1. The van der Waals surface area contributed by atoms with Crippen LogP contribution in [0.1, 0.15) is 71.9 Å². The van der Waals surface area contributed by atoms with Gasteiger partial charge in [-0.2, -0.15) is 0 Å². The number of rotatable bonds is 14. The van der Waals surface area contributed by atoms with Crippen molar-refractivity contribution in [3.05, 3.63) is 71.8 Å². The number of nitrogens with zero attached hydrogens (tertiary/aromatic N) is 4. The second-order valence-electron chi connectivity index (χ2n) is 15.7. The third kappa shape index (κ3) is 11.2. The van der Waals surface area contributed by atoms with E-state index in [9.17, 15) is 14.2 Å². The zero-order valence-corrected chi connectivity index (χ0v) is 32.9. The molecule has 0 spiro atoms. The van der Waals surface area contributed by atoms with Gasteiger partial charge in [0.05, 0.1) is 32.0 Å². The van der Waals surface area contributed by atoms with Crippen LogP contribution in [0.2, 0.25) is 0 Å². The van der Waals surface area contributed by atoms with Crippen LogP contribution in [0.5, 0.6) is 11.5 Å². The van der Waals surface area contributed by atoms with Crippen molar-refractivity contribution in [1.82, 2.24) is 19.8 Å². The number of aromatic nitrogens is 2. The third-order valence-electron chi connectivity index (χ3n) is 8.53. The lowest BCUT2D eigenvalue weighted by molar-refractivity contribution is -0.136. The van der Waals surface area contributed by atoms with Crippen molar-refractivity contribution in [2.45, 2.75) is 85.0 Å². The highest BCUT2D eigenvalue weighted by Crippen LogP contribution is 2.55. The van der Waals surface area contributed by atoms with Crippen LogP contribution in [0.3, 0.4) is 0 Å². The van der Waals surface area contributed by atoms with Crippen molar-refractivity contribution in [2.75, 3.05) is 32.8 Å². The van der Waals surface area contributed by atoms with Gasteiger partial charge in [0.1, 0.15) is 18.1 Å². The number of ketones is 1. The molecule has 1 amide bonds. The van der Waals surface area contributed by atoms with Crippen LogP contribution in [0.25, 0.3) is 20.8 Å². The van der Waals surface area contributed by atoms with Crippen LogP contribution in [-0.4, -0.2) is 75.4 Å². The second kappa shape index (κ2) is 16.0. The number of halogens is 1. The summed E-state index contributed by atoms with van der Waals surface area (Å²) < 4.78 is 51.9. The largest absolute Gasteiger partial charge is 0.476 e. The van der Waals surface area contributed by atoms with E-state index in [0.29, 0.717) is 56.4 Å². The number of hydrogen-bond donors (Lipinski definition) is 0. The zero-order chi connectivity index (χ0) is 38.0. The molecule has 0 N–H and O–H groups in total. The summed E-state index contributed by atoms with van der Waals surface area (Å²) in [4.78, 5) is 39.3. The lowest BCUT2D eigenvalue weighted by Crippen LogP contribution is -2.49. The van der Waals surface area contributed by atoms with Gasteiger partial charge in [-0.15, -0.1) is 11.3 Å². The number of pyridine rings is 2. The van der Waals surface area contributed by atoms with Gasteiger partial charge >= 0.3 is 7.82 Å². The Labute approximate surface area is 314 Å². The minimum Gasteiger partial charge on any atom is -0.453 e. The second-order valence-corrected chi connectivity index (χ2v) is 18.3. The number of carbonyl (C=O) groups is 2. The minimum atomic E-state index is -3.98. The van der Waals surface area contributed by atoms with E-state index in [1.807, 2.05) is 24.4 Å². The molecular weight excluding hydrogens is 718 g/mol. The van der Waals surface area contributed by atoms with Gasteiger partial charge in [-0.25, -0.2) is 8.96 Å². The normalized spacial score (nSPS) is 15.9. The summed E-state index contributed by atoms with van der Waals surface area (Å²) in [5.74, 6) is 0.453. The Hall–Kier alpha value is -3.58. The van der Waals surface area contributed by atoms with Crippen molar-refractivity contribution >= 4 is 41.1 Å². The van der Waals surface area contributed by atoms with Crippen LogP contribution >= 0.6 is 19.2 Å². The van der Waals surface area contributed by atoms with Crippen LogP contribution < -0.4 is 4.74 Å². The molecule has 4 heterocycles. The molecule has 0 atom stereocenters. The number of ether oxygens (including phenoxy) is 1. The van der Waals surface area contributed by atoms with Gasteiger partial charge in [-0.1, -0.05) is 12.1 Å². The first-order valence-corrected chi connectivity index (χ1v) is 20.3. The number of phosphoric acid groups is 1. The van der Waals surface area contributed by atoms with E-state index in [4.69, 9.17) is 23.3 Å². The highest BCUT2D eigenvalue weighted by molar-refractivity contribution is 7.48. The maximum absolute atomic E-state index is 15.1. The molecule has 0 unspecified atom stereocenters. The first-order valence-electron chi connectivity index (χ1n) is 18.0. The van der Waals surface area contributed by atoms with Crippen LogP contribution in [-0.2, 0) is 40.7 Å². The van der Waals surface area contributed by atoms with E-state index in [-0.39, 0.29) is 23.9 Å². The van der Waals surface area contributed by atoms with E-state index in [1.165, 1.54) is 17.4 Å². The number of carbonyl (C=O) groups excluding carboxylic acids is 2. The van der Waals surface area contributed by atoms with Crippen molar-refractivity contribution in [3.8, 4) is 22.1 Å². The Morgan fingerprint density at radius 3 is 2.23 bits per heavy atom. The van der Waals surface area contributed by atoms with Crippen molar-refractivity contribution in [3.63, 3.8) is 0 Å². The summed E-state index contributed by atoms with van der Waals surface area (Å²) in [7, 11) is -3.98.